The molecule has 1 atom stereocenters. The van der Waals surface area contributed by atoms with Crippen molar-refractivity contribution in [2.45, 2.75) is 25.3 Å². The fourth-order valence-corrected chi connectivity index (χ4v) is 3.63. The molecule has 2 aromatic heterocycles. The molecule has 2 aromatic rings. The van der Waals surface area contributed by atoms with Crippen LogP contribution in [0.25, 0.3) is 0 Å². The number of amides is 3. The molecule has 0 saturated carbocycles. The molecular formula is C20H27N7O5. The standard InChI is InChI=1S/C20H27N7O5/c1-25-8-4-5-13(25)18(29)21-7-6-16(28)23-15-11-27(3)17(24-15)19(30)22-12-9-14(20(31)32)26(2)10-12/h9-11,13H,4-8H2,1-3H3,(H,21,29)(H,22,30)(H,23,28)(H,31,32). The number of aryl methyl sites for hydroxylation is 2. The molecule has 32 heavy (non-hydrogen) atoms. The lowest BCUT2D eigenvalue weighted by molar-refractivity contribution is -0.125. The van der Waals surface area contributed by atoms with E-state index in [9.17, 15) is 19.2 Å². The molecule has 3 amide bonds. The fourth-order valence-electron chi connectivity index (χ4n) is 3.63. The van der Waals surface area contributed by atoms with Gasteiger partial charge in [-0.25, -0.2) is 9.78 Å². The highest BCUT2D eigenvalue weighted by atomic mass is 16.4. The van der Waals surface area contributed by atoms with Crippen LogP contribution in [-0.4, -0.2) is 74.0 Å². The normalized spacial score (nSPS) is 16.0. The van der Waals surface area contributed by atoms with Gasteiger partial charge in [0.05, 0.1) is 11.7 Å². The maximum atomic E-state index is 12.5. The first kappa shape index (κ1) is 23.0. The van der Waals surface area contributed by atoms with E-state index < -0.39 is 11.9 Å². The summed E-state index contributed by atoms with van der Waals surface area (Å²) in [5.74, 6) is -1.85. The van der Waals surface area contributed by atoms with E-state index >= 15 is 0 Å². The van der Waals surface area contributed by atoms with Gasteiger partial charge < -0.3 is 30.2 Å². The molecule has 0 radical (unpaired) electrons. The molecule has 12 heteroatoms. The summed E-state index contributed by atoms with van der Waals surface area (Å²) in [7, 11) is 5.06. The van der Waals surface area contributed by atoms with Crippen LogP contribution < -0.4 is 16.0 Å². The van der Waals surface area contributed by atoms with Gasteiger partial charge in [0, 0.05) is 39.5 Å². The third-order valence-electron chi connectivity index (χ3n) is 5.30. The first-order valence-electron chi connectivity index (χ1n) is 10.2. The molecule has 12 nitrogen and oxygen atoms in total. The summed E-state index contributed by atoms with van der Waals surface area (Å²) < 4.78 is 2.83. The molecule has 3 heterocycles. The second-order valence-corrected chi connectivity index (χ2v) is 7.77. The lowest BCUT2D eigenvalue weighted by Crippen LogP contribution is -2.42. The number of nitrogens with zero attached hydrogens (tertiary/aromatic N) is 4. The van der Waals surface area contributed by atoms with Crippen LogP contribution in [0.5, 0.6) is 0 Å². The lowest BCUT2D eigenvalue weighted by Gasteiger charge is -2.18. The van der Waals surface area contributed by atoms with E-state index in [-0.39, 0.29) is 48.2 Å². The van der Waals surface area contributed by atoms with Gasteiger partial charge in [0.2, 0.25) is 17.6 Å². The third-order valence-corrected chi connectivity index (χ3v) is 5.30. The summed E-state index contributed by atoms with van der Waals surface area (Å²) in [6, 6.07) is 1.19. The predicted octanol–water partition coefficient (Wildman–Crippen LogP) is 0.248. The Morgan fingerprint density at radius 1 is 1.12 bits per heavy atom. The number of carbonyl (C=O) groups is 4. The number of aromatic nitrogens is 3. The molecule has 3 rings (SSSR count). The molecule has 4 N–H and O–H groups in total. The van der Waals surface area contributed by atoms with Crippen molar-refractivity contribution in [1.29, 1.82) is 0 Å². The molecule has 0 bridgehead atoms. The minimum absolute atomic E-state index is 0.0276. The second-order valence-electron chi connectivity index (χ2n) is 7.77. The van der Waals surface area contributed by atoms with Crippen molar-refractivity contribution in [2.24, 2.45) is 14.1 Å². The van der Waals surface area contributed by atoms with E-state index in [1.54, 1.807) is 14.1 Å². The highest BCUT2D eigenvalue weighted by molar-refractivity contribution is 6.03. The van der Waals surface area contributed by atoms with Crippen molar-refractivity contribution >= 4 is 35.2 Å². The zero-order chi connectivity index (χ0) is 23.4. The molecule has 1 aliphatic heterocycles. The molecule has 0 aliphatic carbocycles. The minimum Gasteiger partial charge on any atom is -0.477 e. The number of imidazole rings is 1. The van der Waals surface area contributed by atoms with Gasteiger partial charge in [-0.3, -0.25) is 19.3 Å². The van der Waals surface area contributed by atoms with E-state index in [2.05, 4.69) is 20.9 Å². The van der Waals surface area contributed by atoms with E-state index in [1.165, 1.54) is 27.6 Å². The molecule has 0 spiro atoms. The number of rotatable bonds is 8. The number of carboxylic acids is 1. The van der Waals surface area contributed by atoms with Crippen LogP contribution in [0, 0.1) is 0 Å². The van der Waals surface area contributed by atoms with Gasteiger partial charge in [0.25, 0.3) is 5.91 Å². The molecule has 0 aromatic carbocycles. The Bertz CT molecular complexity index is 1040. The molecule has 1 saturated heterocycles. The van der Waals surface area contributed by atoms with Gasteiger partial charge in [0.15, 0.2) is 5.82 Å². The van der Waals surface area contributed by atoms with Crippen molar-refractivity contribution in [3.8, 4) is 0 Å². The first-order valence-corrected chi connectivity index (χ1v) is 10.2. The van der Waals surface area contributed by atoms with Crippen LogP contribution in [0.1, 0.15) is 40.4 Å². The number of carboxylic acid groups (broad SMARTS) is 1. The highest BCUT2D eigenvalue weighted by Crippen LogP contribution is 2.16. The Hall–Kier alpha value is -3.67. The Labute approximate surface area is 184 Å². The van der Waals surface area contributed by atoms with Crippen molar-refractivity contribution in [1.82, 2.24) is 24.3 Å². The topological polar surface area (TPSA) is 151 Å². The summed E-state index contributed by atoms with van der Waals surface area (Å²) in [5.41, 5.74) is 0.340. The predicted molar refractivity (Wildman–Crippen MR) is 115 cm³/mol. The second kappa shape index (κ2) is 9.64. The van der Waals surface area contributed by atoms with Crippen LogP contribution in [0.4, 0.5) is 11.5 Å². The van der Waals surface area contributed by atoms with Crippen molar-refractivity contribution in [3.63, 3.8) is 0 Å². The first-order chi connectivity index (χ1) is 15.2. The quantitative estimate of drug-likeness (QED) is 0.455. The Morgan fingerprint density at radius 2 is 1.88 bits per heavy atom. The van der Waals surface area contributed by atoms with Crippen molar-refractivity contribution in [2.75, 3.05) is 30.8 Å². The average molecular weight is 445 g/mol. The fraction of sp³-hybridized carbons (Fsp3) is 0.450. The van der Waals surface area contributed by atoms with Crippen LogP contribution in [0.2, 0.25) is 0 Å². The Balaban J connectivity index is 1.51. The molecule has 1 fully saturated rings. The van der Waals surface area contributed by atoms with Gasteiger partial charge in [-0.2, -0.15) is 0 Å². The Morgan fingerprint density at radius 3 is 2.50 bits per heavy atom. The zero-order valence-electron chi connectivity index (χ0n) is 18.2. The van der Waals surface area contributed by atoms with E-state index in [0.717, 1.165) is 19.4 Å². The van der Waals surface area contributed by atoms with E-state index in [4.69, 9.17) is 5.11 Å². The van der Waals surface area contributed by atoms with E-state index in [1.807, 2.05) is 11.9 Å². The number of aromatic carboxylic acids is 1. The number of likely N-dealkylation sites (N-methyl/N-ethyl adjacent to an activating group) is 1. The number of hydrogen-bond acceptors (Lipinski definition) is 6. The monoisotopic (exact) mass is 445 g/mol. The summed E-state index contributed by atoms with van der Waals surface area (Å²) in [6.45, 7) is 1.09. The minimum atomic E-state index is -1.11. The molecule has 172 valence electrons. The van der Waals surface area contributed by atoms with Crippen molar-refractivity contribution < 1.29 is 24.3 Å². The van der Waals surface area contributed by atoms with Gasteiger partial charge in [-0.05, 0) is 32.5 Å². The lowest BCUT2D eigenvalue weighted by atomic mass is 10.2. The van der Waals surface area contributed by atoms with E-state index in [0.29, 0.717) is 5.69 Å². The largest absolute Gasteiger partial charge is 0.477 e. The zero-order valence-corrected chi connectivity index (χ0v) is 18.2. The third kappa shape index (κ3) is 5.32. The SMILES string of the molecule is CN1CCCC1C(=O)NCCC(=O)Nc1cn(C)c(C(=O)Nc2cc(C(=O)O)n(C)c2)n1. The smallest absolute Gasteiger partial charge is 0.352 e. The average Bonchev–Trinajstić information content (AvgIpc) is 3.40. The van der Waals surface area contributed by atoms with Crippen LogP contribution in [0.15, 0.2) is 18.5 Å². The molecular weight excluding hydrogens is 418 g/mol. The number of carbonyl (C=O) groups excluding carboxylic acids is 3. The summed E-state index contributed by atoms with van der Waals surface area (Å²) in [6.07, 6.45) is 4.84. The highest BCUT2D eigenvalue weighted by Gasteiger charge is 2.27. The van der Waals surface area contributed by atoms with Gasteiger partial charge >= 0.3 is 5.97 Å². The van der Waals surface area contributed by atoms with Crippen molar-refractivity contribution in [3.05, 3.63) is 30.0 Å². The number of nitrogens with one attached hydrogen (secondary N) is 3. The van der Waals surface area contributed by atoms with Crippen LogP contribution in [-0.2, 0) is 23.7 Å². The van der Waals surface area contributed by atoms with Gasteiger partial charge in [-0.15, -0.1) is 0 Å². The number of likely N-dealkylation sites (tertiary alicyclic amines) is 1. The van der Waals surface area contributed by atoms with Crippen LogP contribution >= 0.6 is 0 Å². The number of anilines is 2. The maximum absolute atomic E-state index is 12.5. The summed E-state index contributed by atoms with van der Waals surface area (Å²) >= 11 is 0. The van der Waals surface area contributed by atoms with Crippen LogP contribution in [0.3, 0.4) is 0 Å². The van der Waals surface area contributed by atoms with Gasteiger partial charge in [-0.1, -0.05) is 0 Å². The number of hydrogen-bond donors (Lipinski definition) is 4. The maximum Gasteiger partial charge on any atom is 0.352 e. The molecule has 1 unspecified atom stereocenters. The summed E-state index contributed by atoms with van der Waals surface area (Å²) in [4.78, 5) is 54.1. The summed E-state index contributed by atoms with van der Waals surface area (Å²) in [5, 5.41) is 17.1. The molecule has 1 aliphatic rings. The van der Waals surface area contributed by atoms with Gasteiger partial charge in [0.1, 0.15) is 5.69 Å². The Kier molecular flexibility index (Phi) is 6.93.